The molecule has 0 spiro atoms. The molecule has 0 N–H and O–H groups in total. The van der Waals surface area contributed by atoms with Gasteiger partial charge in [0.25, 0.3) is 0 Å². The lowest BCUT2D eigenvalue weighted by Gasteiger charge is -2.35. The highest BCUT2D eigenvalue weighted by molar-refractivity contribution is 5.87. The molecule has 2 aliphatic rings. The zero-order valence-corrected chi connectivity index (χ0v) is 15.9. The van der Waals surface area contributed by atoms with E-state index in [0.717, 1.165) is 18.4 Å². The number of fused-ring (bicyclic) bond motifs is 2. The SMILES string of the molecule is COc1cc(/C=C/C(=O)OC2CC3CCC(C2)N3C)cc(OC)c1OC. The second kappa shape index (κ2) is 7.99. The lowest BCUT2D eigenvalue weighted by molar-refractivity contribution is -0.146. The van der Waals surface area contributed by atoms with Gasteiger partial charge in [0, 0.05) is 31.0 Å². The van der Waals surface area contributed by atoms with Crippen molar-refractivity contribution < 1.29 is 23.7 Å². The highest BCUT2D eigenvalue weighted by atomic mass is 16.5. The van der Waals surface area contributed by atoms with E-state index in [4.69, 9.17) is 18.9 Å². The quantitative estimate of drug-likeness (QED) is 0.574. The van der Waals surface area contributed by atoms with E-state index < -0.39 is 0 Å². The van der Waals surface area contributed by atoms with Gasteiger partial charge < -0.3 is 23.8 Å². The summed E-state index contributed by atoms with van der Waals surface area (Å²) in [6, 6.07) is 4.68. The molecule has 0 radical (unpaired) electrons. The molecule has 2 heterocycles. The maximum absolute atomic E-state index is 12.2. The molecule has 142 valence electrons. The molecule has 0 amide bonds. The van der Waals surface area contributed by atoms with Crippen molar-refractivity contribution in [1.29, 1.82) is 0 Å². The minimum absolute atomic E-state index is 0.0146. The number of piperidine rings is 1. The second-order valence-electron chi connectivity index (χ2n) is 6.87. The lowest BCUT2D eigenvalue weighted by Crippen LogP contribution is -2.43. The molecule has 3 rings (SSSR count). The van der Waals surface area contributed by atoms with Crippen LogP contribution in [0.4, 0.5) is 0 Å². The van der Waals surface area contributed by atoms with Crippen molar-refractivity contribution in [3.63, 3.8) is 0 Å². The van der Waals surface area contributed by atoms with Crippen molar-refractivity contribution >= 4 is 12.0 Å². The van der Waals surface area contributed by atoms with Crippen molar-refractivity contribution in [3.8, 4) is 17.2 Å². The number of hydrogen-bond donors (Lipinski definition) is 0. The van der Waals surface area contributed by atoms with E-state index >= 15 is 0 Å². The smallest absolute Gasteiger partial charge is 0.331 e. The van der Waals surface area contributed by atoms with Gasteiger partial charge in [-0.05, 0) is 43.7 Å². The molecule has 26 heavy (non-hydrogen) atoms. The van der Waals surface area contributed by atoms with Gasteiger partial charge in [0.1, 0.15) is 6.10 Å². The number of benzene rings is 1. The molecule has 1 aromatic rings. The van der Waals surface area contributed by atoms with E-state index in [1.54, 1.807) is 39.5 Å². The molecule has 0 aliphatic carbocycles. The molecule has 6 heteroatoms. The zero-order valence-electron chi connectivity index (χ0n) is 15.9. The minimum atomic E-state index is -0.312. The Morgan fingerprint density at radius 3 is 2.12 bits per heavy atom. The van der Waals surface area contributed by atoms with Crippen molar-refractivity contribution in [2.75, 3.05) is 28.4 Å². The maximum Gasteiger partial charge on any atom is 0.331 e. The van der Waals surface area contributed by atoms with Crippen LogP contribution in [-0.4, -0.2) is 57.4 Å². The van der Waals surface area contributed by atoms with Crippen molar-refractivity contribution in [1.82, 2.24) is 4.90 Å². The van der Waals surface area contributed by atoms with E-state index in [1.165, 1.54) is 18.9 Å². The summed E-state index contributed by atoms with van der Waals surface area (Å²) in [6.07, 6.45) is 7.44. The number of carbonyl (C=O) groups excluding carboxylic acids is 1. The van der Waals surface area contributed by atoms with Crippen molar-refractivity contribution in [2.45, 2.75) is 43.9 Å². The van der Waals surface area contributed by atoms with Crippen LogP contribution in [0.2, 0.25) is 0 Å². The first kappa shape index (κ1) is 18.6. The minimum Gasteiger partial charge on any atom is -0.493 e. The third-order valence-electron chi connectivity index (χ3n) is 5.44. The predicted octanol–water partition coefficient (Wildman–Crippen LogP) is 2.89. The number of hydrogen-bond acceptors (Lipinski definition) is 6. The summed E-state index contributed by atoms with van der Waals surface area (Å²) in [5.41, 5.74) is 0.778. The Hall–Kier alpha value is -2.21. The monoisotopic (exact) mass is 361 g/mol. The fourth-order valence-electron chi connectivity index (χ4n) is 4.02. The first-order chi connectivity index (χ1) is 12.5. The maximum atomic E-state index is 12.2. The van der Waals surface area contributed by atoms with Gasteiger partial charge in [-0.3, -0.25) is 0 Å². The van der Waals surface area contributed by atoms with Gasteiger partial charge in [-0.15, -0.1) is 0 Å². The molecule has 2 fully saturated rings. The highest BCUT2D eigenvalue weighted by Gasteiger charge is 2.39. The fourth-order valence-corrected chi connectivity index (χ4v) is 4.02. The van der Waals surface area contributed by atoms with Crippen LogP contribution < -0.4 is 14.2 Å². The third kappa shape index (κ3) is 3.80. The summed E-state index contributed by atoms with van der Waals surface area (Å²) in [5.74, 6) is 1.31. The molecule has 1 aromatic carbocycles. The summed E-state index contributed by atoms with van der Waals surface area (Å²) < 4.78 is 21.6. The van der Waals surface area contributed by atoms with Crippen LogP contribution in [0.15, 0.2) is 18.2 Å². The van der Waals surface area contributed by atoms with Gasteiger partial charge in [0.05, 0.1) is 21.3 Å². The molecule has 2 unspecified atom stereocenters. The van der Waals surface area contributed by atoms with Gasteiger partial charge >= 0.3 is 5.97 Å². The van der Waals surface area contributed by atoms with E-state index in [2.05, 4.69) is 11.9 Å². The Kier molecular flexibility index (Phi) is 5.71. The standard InChI is InChI=1S/C20H27NO5/c1-21-14-6-7-15(21)12-16(11-14)26-19(22)8-5-13-9-17(23-2)20(25-4)18(10-13)24-3/h5,8-10,14-16H,6-7,11-12H2,1-4H3/b8-5+. The molecule has 2 atom stereocenters. The number of ether oxygens (including phenoxy) is 4. The molecule has 2 aliphatic heterocycles. The molecule has 0 saturated carbocycles. The van der Waals surface area contributed by atoms with Crippen LogP contribution in [-0.2, 0) is 9.53 Å². The zero-order chi connectivity index (χ0) is 18.7. The third-order valence-corrected chi connectivity index (χ3v) is 5.44. The van der Waals surface area contributed by atoms with Gasteiger partial charge in [-0.1, -0.05) is 0 Å². The summed E-state index contributed by atoms with van der Waals surface area (Å²) in [5, 5.41) is 0. The van der Waals surface area contributed by atoms with E-state index in [9.17, 15) is 4.79 Å². The summed E-state index contributed by atoms with van der Waals surface area (Å²) in [6.45, 7) is 0. The topological polar surface area (TPSA) is 57.2 Å². The Labute approximate surface area is 154 Å². The van der Waals surface area contributed by atoms with Gasteiger partial charge in [0.2, 0.25) is 5.75 Å². The number of carbonyl (C=O) groups is 1. The summed E-state index contributed by atoms with van der Waals surface area (Å²) in [4.78, 5) is 14.6. The Morgan fingerprint density at radius 1 is 1.04 bits per heavy atom. The average molecular weight is 361 g/mol. The number of esters is 1. The van der Waals surface area contributed by atoms with Gasteiger partial charge in [-0.2, -0.15) is 0 Å². The largest absolute Gasteiger partial charge is 0.493 e. The number of methoxy groups -OCH3 is 3. The van der Waals surface area contributed by atoms with Crippen LogP contribution in [0.25, 0.3) is 6.08 Å². The predicted molar refractivity (Wildman–Crippen MR) is 98.8 cm³/mol. The lowest BCUT2D eigenvalue weighted by atomic mass is 10.0. The molecule has 2 saturated heterocycles. The first-order valence-corrected chi connectivity index (χ1v) is 8.96. The van der Waals surface area contributed by atoms with Crippen LogP contribution >= 0.6 is 0 Å². The number of nitrogens with zero attached hydrogens (tertiary/aromatic N) is 1. The van der Waals surface area contributed by atoms with E-state index in [1.807, 2.05) is 0 Å². The van der Waals surface area contributed by atoms with Crippen molar-refractivity contribution in [3.05, 3.63) is 23.8 Å². The van der Waals surface area contributed by atoms with Crippen LogP contribution in [0, 0.1) is 0 Å². The van der Waals surface area contributed by atoms with Crippen LogP contribution in [0.1, 0.15) is 31.2 Å². The normalized spacial score (nSPS) is 25.3. The first-order valence-electron chi connectivity index (χ1n) is 8.96. The average Bonchev–Trinajstić information content (AvgIpc) is 2.85. The number of rotatable bonds is 6. The molecular formula is C20H27NO5. The van der Waals surface area contributed by atoms with E-state index in [0.29, 0.717) is 29.3 Å². The van der Waals surface area contributed by atoms with Gasteiger partial charge in [0.15, 0.2) is 11.5 Å². The second-order valence-corrected chi connectivity index (χ2v) is 6.87. The Morgan fingerprint density at radius 2 is 1.62 bits per heavy atom. The van der Waals surface area contributed by atoms with Gasteiger partial charge in [-0.25, -0.2) is 4.79 Å². The molecule has 0 aromatic heterocycles. The fraction of sp³-hybridized carbons (Fsp3) is 0.550. The summed E-state index contributed by atoms with van der Waals surface area (Å²) in [7, 11) is 6.85. The molecular weight excluding hydrogens is 334 g/mol. The summed E-state index contributed by atoms with van der Waals surface area (Å²) >= 11 is 0. The van der Waals surface area contributed by atoms with Crippen LogP contribution in [0.3, 0.4) is 0 Å². The molecule has 6 nitrogen and oxygen atoms in total. The van der Waals surface area contributed by atoms with Crippen molar-refractivity contribution in [2.24, 2.45) is 0 Å². The Balaban J connectivity index is 1.65. The van der Waals surface area contributed by atoms with E-state index in [-0.39, 0.29) is 12.1 Å². The Bertz CT molecular complexity index is 648. The van der Waals surface area contributed by atoms with Crippen LogP contribution in [0.5, 0.6) is 17.2 Å². The molecule has 2 bridgehead atoms. The highest BCUT2D eigenvalue weighted by Crippen LogP contribution is 2.38.